The number of rotatable bonds is 47. The zero-order chi connectivity index (χ0) is 39.3. The van der Waals surface area contributed by atoms with Crippen molar-refractivity contribution in [1.29, 1.82) is 0 Å². The van der Waals surface area contributed by atoms with Crippen molar-refractivity contribution in [1.82, 2.24) is 5.32 Å². The quantitative estimate of drug-likeness (QED) is 0.0541. The van der Waals surface area contributed by atoms with E-state index in [-0.39, 0.29) is 12.5 Å². The molecular formula is C50H101NO3. The molecule has 2 atom stereocenters. The first-order valence-electron chi connectivity index (χ1n) is 25.2. The molecule has 4 nitrogen and oxygen atoms in total. The van der Waals surface area contributed by atoms with Gasteiger partial charge in [0.05, 0.1) is 18.8 Å². The maximum absolute atomic E-state index is 12.4. The third-order valence-electron chi connectivity index (χ3n) is 12.1. The summed E-state index contributed by atoms with van der Waals surface area (Å²) in [7, 11) is 0. The van der Waals surface area contributed by atoms with Gasteiger partial charge in [-0.15, -0.1) is 0 Å². The maximum Gasteiger partial charge on any atom is 0.220 e. The highest BCUT2D eigenvalue weighted by molar-refractivity contribution is 5.76. The Labute approximate surface area is 340 Å². The van der Waals surface area contributed by atoms with Crippen molar-refractivity contribution < 1.29 is 15.0 Å². The molecule has 1 amide bonds. The minimum absolute atomic E-state index is 0.0237. The van der Waals surface area contributed by atoms with E-state index in [0.29, 0.717) is 12.8 Å². The van der Waals surface area contributed by atoms with Crippen LogP contribution in [0.3, 0.4) is 0 Å². The molecule has 0 unspecified atom stereocenters. The normalized spacial score (nSPS) is 12.7. The Morgan fingerprint density at radius 3 is 0.833 bits per heavy atom. The molecule has 0 bridgehead atoms. The van der Waals surface area contributed by atoms with Gasteiger partial charge in [0, 0.05) is 6.42 Å². The average molecular weight is 764 g/mol. The number of hydrogen-bond acceptors (Lipinski definition) is 3. The zero-order valence-electron chi connectivity index (χ0n) is 37.3. The molecule has 0 saturated carbocycles. The molecule has 0 radical (unpaired) electrons. The number of hydrogen-bond donors (Lipinski definition) is 3. The van der Waals surface area contributed by atoms with Crippen molar-refractivity contribution in [3.63, 3.8) is 0 Å². The van der Waals surface area contributed by atoms with Crippen LogP contribution >= 0.6 is 0 Å². The Morgan fingerprint density at radius 1 is 0.370 bits per heavy atom. The van der Waals surface area contributed by atoms with Gasteiger partial charge in [-0.1, -0.05) is 277 Å². The fourth-order valence-corrected chi connectivity index (χ4v) is 8.25. The lowest BCUT2D eigenvalue weighted by molar-refractivity contribution is -0.123. The molecule has 0 aliphatic carbocycles. The second-order valence-corrected chi connectivity index (χ2v) is 17.6. The largest absolute Gasteiger partial charge is 0.394 e. The minimum Gasteiger partial charge on any atom is -0.394 e. The molecule has 3 N–H and O–H groups in total. The van der Waals surface area contributed by atoms with Crippen LogP contribution in [0.2, 0.25) is 0 Å². The number of carbonyl (C=O) groups is 1. The fourth-order valence-electron chi connectivity index (χ4n) is 8.25. The highest BCUT2D eigenvalue weighted by Crippen LogP contribution is 2.18. The van der Waals surface area contributed by atoms with E-state index in [4.69, 9.17) is 0 Å². The van der Waals surface area contributed by atoms with Crippen LogP contribution in [-0.2, 0) is 4.79 Å². The zero-order valence-corrected chi connectivity index (χ0v) is 37.3. The van der Waals surface area contributed by atoms with Crippen LogP contribution < -0.4 is 5.32 Å². The standard InChI is InChI=1S/C50H101NO3/c1-3-5-7-9-11-13-15-17-19-21-22-23-24-25-26-27-28-29-30-32-34-36-38-40-42-44-46-50(54)51-48(47-52)49(53)45-43-41-39-37-35-33-31-20-18-16-14-12-10-8-6-4-2/h48-49,52-53H,3-47H2,1-2H3,(H,51,54)/t48-,49+/m0/s1. The molecule has 0 aliphatic rings. The number of carbonyl (C=O) groups excluding carboxylic acids is 1. The van der Waals surface area contributed by atoms with E-state index in [9.17, 15) is 15.0 Å². The van der Waals surface area contributed by atoms with E-state index in [1.165, 1.54) is 244 Å². The summed E-state index contributed by atoms with van der Waals surface area (Å²) < 4.78 is 0. The number of nitrogens with one attached hydrogen (secondary N) is 1. The summed E-state index contributed by atoms with van der Waals surface area (Å²) in [5.74, 6) is -0.0237. The third-order valence-corrected chi connectivity index (χ3v) is 12.1. The van der Waals surface area contributed by atoms with E-state index < -0.39 is 12.1 Å². The molecule has 0 heterocycles. The Balaban J connectivity index is 3.41. The van der Waals surface area contributed by atoms with Crippen molar-refractivity contribution in [2.45, 2.75) is 309 Å². The van der Waals surface area contributed by atoms with Crippen LogP contribution in [-0.4, -0.2) is 34.9 Å². The predicted octanol–water partition coefficient (Wildman–Crippen LogP) is 16.0. The van der Waals surface area contributed by atoms with Gasteiger partial charge in [0.25, 0.3) is 0 Å². The van der Waals surface area contributed by atoms with Gasteiger partial charge in [-0.2, -0.15) is 0 Å². The highest BCUT2D eigenvalue weighted by atomic mass is 16.3. The summed E-state index contributed by atoms with van der Waals surface area (Å²) in [6.45, 7) is 4.39. The van der Waals surface area contributed by atoms with E-state index in [2.05, 4.69) is 19.2 Å². The predicted molar refractivity (Wildman–Crippen MR) is 240 cm³/mol. The molecular weight excluding hydrogens is 663 g/mol. The van der Waals surface area contributed by atoms with Gasteiger partial charge in [0.1, 0.15) is 0 Å². The van der Waals surface area contributed by atoms with Gasteiger partial charge in [-0.3, -0.25) is 4.79 Å². The summed E-state index contributed by atoms with van der Waals surface area (Å²) in [4.78, 5) is 12.4. The summed E-state index contributed by atoms with van der Waals surface area (Å²) in [5.41, 5.74) is 0. The lowest BCUT2D eigenvalue weighted by Crippen LogP contribution is -2.45. The van der Waals surface area contributed by atoms with Crippen molar-refractivity contribution in [2.75, 3.05) is 6.61 Å². The van der Waals surface area contributed by atoms with Crippen LogP contribution in [0.15, 0.2) is 0 Å². The molecule has 0 rings (SSSR count). The van der Waals surface area contributed by atoms with Gasteiger partial charge < -0.3 is 15.5 Å². The van der Waals surface area contributed by atoms with E-state index in [1.807, 2.05) is 0 Å². The summed E-state index contributed by atoms with van der Waals surface area (Å²) >= 11 is 0. The SMILES string of the molecule is CCCCCCCCCCCCCCCCCCCCCCCCCCCCC(=O)N[C@@H](CO)[C@H](O)CCCCCCCCCCCCCCCCCC. The van der Waals surface area contributed by atoms with Crippen LogP contribution in [0, 0.1) is 0 Å². The van der Waals surface area contributed by atoms with Crippen molar-refractivity contribution >= 4 is 5.91 Å². The van der Waals surface area contributed by atoms with Crippen LogP contribution in [0.1, 0.15) is 296 Å². The van der Waals surface area contributed by atoms with Crippen molar-refractivity contribution in [3.8, 4) is 0 Å². The molecule has 54 heavy (non-hydrogen) atoms. The van der Waals surface area contributed by atoms with Gasteiger partial charge in [0.15, 0.2) is 0 Å². The smallest absolute Gasteiger partial charge is 0.220 e. The topological polar surface area (TPSA) is 69.6 Å². The maximum atomic E-state index is 12.4. The Morgan fingerprint density at radius 2 is 0.593 bits per heavy atom. The summed E-state index contributed by atoms with van der Waals surface area (Å²) in [5, 5.41) is 23.2. The molecule has 0 aromatic carbocycles. The second-order valence-electron chi connectivity index (χ2n) is 17.6. The van der Waals surface area contributed by atoms with E-state index in [1.54, 1.807) is 0 Å². The van der Waals surface area contributed by atoms with Crippen molar-refractivity contribution in [3.05, 3.63) is 0 Å². The first-order chi connectivity index (χ1) is 26.7. The molecule has 0 spiro atoms. The summed E-state index contributed by atoms with van der Waals surface area (Å²) in [6.07, 6.45) is 57.8. The fraction of sp³-hybridized carbons (Fsp3) is 0.980. The third kappa shape index (κ3) is 42.5. The average Bonchev–Trinajstić information content (AvgIpc) is 3.18. The van der Waals surface area contributed by atoms with Crippen LogP contribution in [0.4, 0.5) is 0 Å². The van der Waals surface area contributed by atoms with Gasteiger partial charge in [-0.25, -0.2) is 0 Å². The lowest BCUT2D eigenvalue weighted by atomic mass is 10.0. The highest BCUT2D eigenvalue weighted by Gasteiger charge is 2.20. The molecule has 0 aliphatic heterocycles. The van der Waals surface area contributed by atoms with E-state index in [0.717, 1.165) is 25.7 Å². The number of unbranched alkanes of at least 4 members (excludes halogenated alkanes) is 40. The molecule has 0 aromatic heterocycles. The Bertz CT molecular complexity index is 699. The number of aliphatic hydroxyl groups excluding tert-OH is 2. The monoisotopic (exact) mass is 764 g/mol. The van der Waals surface area contributed by atoms with Gasteiger partial charge in [-0.05, 0) is 12.8 Å². The number of aliphatic hydroxyl groups is 2. The Hall–Kier alpha value is -0.610. The molecule has 0 fully saturated rings. The first kappa shape index (κ1) is 53.4. The number of amides is 1. The lowest BCUT2D eigenvalue weighted by Gasteiger charge is -2.22. The molecule has 324 valence electrons. The summed E-state index contributed by atoms with van der Waals surface area (Å²) in [6, 6.07) is -0.530. The molecule has 4 heteroatoms. The minimum atomic E-state index is -0.653. The Kier molecular flexibility index (Phi) is 46.2. The van der Waals surface area contributed by atoms with Crippen molar-refractivity contribution in [2.24, 2.45) is 0 Å². The molecule has 0 saturated heterocycles. The van der Waals surface area contributed by atoms with Gasteiger partial charge >= 0.3 is 0 Å². The van der Waals surface area contributed by atoms with Gasteiger partial charge in [0.2, 0.25) is 5.91 Å². The van der Waals surface area contributed by atoms with Crippen LogP contribution in [0.5, 0.6) is 0 Å². The molecule has 0 aromatic rings. The second kappa shape index (κ2) is 46.8. The first-order valence-corrected chi connectivity index (χ1v) is 25.2. The van der Waals surface area contributed by atoms with E-state index >= 15 is 0 Å². The van der Waals surface area contributed by atoms with Crippen LogP contribution in [0.25, 0.3) is 0 Å².